The second kappa shape index (κ2) is 5.99. The molecule has 1 aromatic rings. The van der Waals surface area contributed by atoms with Gasteiger partial charge in [0.05, 0.1) is 5.41 Å². The largest absolute Gasteiger partial charge is 0.471 e. The fourth-order valence-electron chi connectivity index (χ4n) is 5.53. The van der Waals surface area contributed by atoms with Crippen LogP contribution in [0.2, 0.25) is 0 Å². The number of anilines is 2. The highest BCUT2D eigenvalue weighted by Crippen LogP contribution is 2.60. The van der Waals surface area contributed by atoms with Crippen LogP contribution in [-0.4, -0.2) is 18.0 Å². The lowest BCUT2D eigenvalue weighted by atomic mass is 9.49. The highest BCUT2D eigenvalue weighted by Gasteiger charge is 2.54. The molecule has 0 saturated heterocycles. The summed E-state index contributed by atoms with van der Waals surface area (Å²) in [5.41, 5.74) is 0.0846. The van der Waals surface area contributed by atoms with Gasteiger partial charge >= 0.3 is 12.1 Å². The second-order valence-electron chi connectivity index (χ2n) is 8.18. The number of carbonyl (C=O) groups excluding carboxylic acids is 2. The van der Waals surface area contributed by atoms with Crippen molar-refractivity contribution in [2.24, 2.45) is 23.2 Å². The Kier molecular flexibility index (Phi) is 4.00. The van der Waals surface area contributed by atoms with Gasteiger partial charge in [0.1, 0.15) is 0 Å². The van der Waals surface area contributed by atoms with E-state index in [2.05, 4.69) is 5.32 Å². The summed E-state index contributed by atoms with van der Waals surface area (Å²) in [6.45, 7) is 0. The molecule has 0 spiro atoms. The Bertz CT molecular complexity index is 709. The lowest BCUT2D eigenvalue weighted by Gasteiger charge is -2.55. The number of benzene rings is 1. The van der Waals surface area contributed by atoms with Gasteiger partial charge in [-0.3, -0.25) is 9.59 Å². The van der Waals surface area contributed by atoms with Gasteiger partial charge in [0, 0.05) is 11.4 Å². The fourth-order valence-corrected chi connectivity index (χ4v) is 5.53. The first kappa shape index (κ1) is 17.4. The van der Waals surface area contributed by atoms with Crippen LogP contribution in [0.1, 0.15) is 38.5 Å². The monoisotopic (exact) mass is 366 g/mol. The summed E-state index contributed by atoms with van der Waals surface area (Å²) in [4.78, 5) is 24.1. The van der Waals surface area contributed by atoms with Crippen molar-refractivity contribution in [3.8, 4) is 0 Å². The SMILES string of the molecule is O=C(Nc1cccc(NC(=O)C23CC4CC(CC(C4)C2)C3)c1)C(F)(F)F. The highest BCUT2D eigenvalue weighted by atomic mass is 19.4. The molecule has 2 N–H and O–H groups in total. The quantitative estimate of drug-likeness (QED) is 0.836. The first-order valence-electron chi connectivity index (χ1n) is 9.03. The van der Waals surface area contributed by atoms with Gasteiger partial charge in [-0.2, -0.15) is 13.2 Å². The molecule has 0 aromatic heterocycles. The molecule has 4 saturated carbocycles. The number of nitrogens with one attached hydrogen (secondary N) is 2. The van der Waals surface area contributed by atoms with E-state index in [1.807, 2.05) is 5.32 Å². The molecule has 0 unspecified atom stereocenters. The fraction of sp³-hybridized carbons (Fsp3) is 0.579. The van der Waals surface area contributed by atoms with Crippen molar-refractivity contribution in [2.75, 3.05) is 10.6 Å². The average Bonchev–Trinajstić information content (AvgIpc) is 2.53. The van der Waals surface area contributed by atoms with E-state index in [4.69, 9.17) is 0 Å². The summed E-state index contributed by atoms with van der Waals surface area (Å²) in [7, 11) is 0. The number of hydrogen-bond acceptors (Lipinski definition) is 2. The zero-order valence-corrected chi connectivity index (χ0v) is 14.2. The molecule has 26 heavy (non-hydrogen) atoms. The van der Waals surface area contributed by atoms with Gasteiger partial charge in [-0.05, 0) is 74.5 Å². The third kappa shape index (κ3) is 3.19. The third-order valence-electron chi connectivity index (χ3n) is 6.16. The Morgan fingerprint density at radius 1 is 0.923 bits per heavy atom. The maximum absolute atomic E-state index is 13.0. The van der Waals surface area contributed by atoms with Crippen LogP contribution < -0.4 is 10.6 Å². The molecule has 140 valence electrons. The summed E-state index contributed by atoms with van der Waals surface area (Å²) in [5, 5.41) is 4.70. The molecule has 0 aliphatic heterocycles. The molecule has 0 heterocycles. The van der Waals surface area contributed by atoms with Crippen molar-refractivity contribution >= 4 is 23.2 Å². The maximum Gasteiger partial charge on any atom is 0.471 e. The van der Waals surface area contributed by atoms with E-state index < -0.39 is 12.1 Å². The molecule has 1 aromatic carbocycles. The molecular formula is C19H21F3N2O2. The average molecular weight is 366 g/mol. The Morgan fingerprint density at radius 2 is 1.42 bits per heavy atom. The van der Waals surface area contributed by atoms with Crippen LogP contribution in [0.3, 0.4) is 0 Å². The van der Waals surface area contributed by atoms with Crippen LogP contribution >= 0.6 is 0 Å². The Labute approximate surface area is 149 Å². The second-order valence-corrected chi connectivity index (χ2v) is 8.18. The summed E-state index contributed by atoms with van der Waals surface area (Å²) in [6.07, 6.45) is 1.47. The first-order chi connectivity index (χ1) is 12.2. The van der Waals surface area contributed by atoms with Crippen LogP contribution in [-0.2, 0) is 9.59 Å². The minimum Gasteiger partial charge on any atom is -0.326 e. The van der Waals surface area contributed by atoms with Gasteiger partial charge in [-0.15, -0.1) is 0 Å². The molecule has 4 bridgehead atoms. The lowest BCUT2D eigenvalue weighted by Crippen LogP contribution is -2.51. The van der Waals surface area contributed by atoms with E-state index in [1.165, 1.54) is 37.5 Å². The van der Waals surface area contributed by atoms with Crippen molar-refractivity contribution in [2.45, 2.75) is 44.7 Å². The number of carbonyl (C=O) groups is 2. The zero-order valence-electron chi connectivity index (χ0n) is 14.2. The molecule has 4 aliphatic rings. The maximum atomic E-state index is 13.0. The Hall–Kier alpha value is -2.05. The van der Waals surface area contributed by atoms with Gasteiger partial charge in [0.15, 0.2) is 0 Å². The van der Waals surface area contributed by atoms with Crippen molar-refractivity contribution in [1.82, 2.24) is 0 Å². The minimum atomic E-state index is -4.95. The smallest absolute Gasteiger partial charge is 0.326 e. The summed E-state index contributed by atoms with van der Waals surface area (Å²) in [6, 6.07) is 5.87. The first-order valence-corrected chi connectivity index (χ1v) is 9.03. The number of rotatable bonds is 3. The number of alkyl halides is 3. The van der Waals surface area contributed by atoms with Crippen LogP contribution in [0.15, 0.2) is 24.3 Å². The van der Waals surface area contributed by atoms with Crippen molar-refractivity contribution in [3.63, 3.8) is 0 Å². The zero-order chi connectivity index (χ0) is 18.5. The lowest BCUT2D eigenvalue weighted by molar-refractivity contribution is -0.167. The van der Waals surface area contributed by atoms with Gasteiger partial charge in [0.2, 0.25) is 5.91 Å². The standard InChI is InChI=1S/C19H21F3N2O2/c20-19(21,22)17(26)24-15-3-1-2-14(7-15)23-16(25)18-8-11-4-12(9-18)6-13(5-11)10-18/h1-3,7,11-13H,4-6,8-10H2,(H,23,25)(H,24,26). The highest BCUT2D eigenvalue weighted by molar-refractivity contribution is 5.98. The normalized spacial score (nSPS) is 32.3. The molecule has 0 radical (unpaired) electrons. The van der Waals surface area contributed by atoms with E-state index >= 15 is 0 Å². The van der Waals surface area contributed by atoms with Gasteiger partial charge in [0.25, 0.3) is 0 Å². The Balaban J connectivity index is 1.47. The molecule has 7 heteroatoms. The van der Waals surface area contributed by atoms with Crippen molar-refractivity contribution in [3.05, 3.63) is 24.3 Å². The van der Waals surface area contributed by atoms with E-state index in [0.717, 1.165) is 19.3 Å². The van der Waals surface area contributed by atoms with Gasteiger partial charge in [-0.25, -0.2) is 0 Å². The van der Waals surface area contributed by atoms with E-state index in [9.17, 15) is 22.8 Å². The molecule has 0 atom stereocenters. The minimum absolute atomic E-state index is 0.00985. The van der Waals surface area contributed by atoms with Crippen LogP contribution in [0, 0.1) is 23.2 Å². The molecule has 4 fully saturated rings. The third-order valence-corrected chi connectivity index (χ3v) is 6.16. The molecule has 5 rings (SSSR count). The number of hydrogen-bond donors (Lipinski definition) is 2. The molecule has 4 nitrogen and oxygen atoms in total. The summed E-state index contributed by atoms with van der Waals surface area (Å²) < 4.78 is 37.2. The van der Waals surface area contributed by atoms with Crippen molar-refractivity contribution in [1.29, 1.82) is 0 Å². The van der Waals surface area contributed by atoms with Crippen LogP contribution in [0.25, 0.3) is 0 Å². The predicted molar refractivity (Wildman–Crippen MR) is 90.4 cm³/mol. The van der Waals surface area contributed by atoms with E-state index in [1.54, 1.807) is 6.07 Å². The van der Waals surface area contributed by atoms with Crippen LogP contribution in [0.5, 0.6) is 0 Å². The van der Waals surface area contributed by atoms with E-state index in [-0.39, 0.29) is 17.0 Å². The predicted octanol–water partition coefficient (Wildman–Crippen LogP) is 4.34. The Morgan fingerprint density at radius 3 is 1.92 bits per heavy atom. The molecular weight excluding hydrogens is 345 g/mol. The number of amides is 2. The van der Waals surface area contributed by atoms with Crippen molar-refractivity contribution < 1.29 is 22.8 Å². The van der Waals surface area contributed by atoms with Gasteiger partial charge < -0.3 is 10.6 Å². The summed E-state index contributed by atoms with van der Waals surface area (Å²) in [5.74, 6) is -0.170. The summed E-state index contributed by atoms with van der Waals surface area (Å²) >= 11 is 0. The van der Waals surface area contributed by atoms with Crippen LogP contribution in [0.4, 0.5) is 24.5 Å². The van der Waals surface area contributed by atoms with E-state index in [0.29, 0.717) is 23.4 Å². The number of halogens is 3. The molecule has 4 aliphatic carbocycles. The molecule has 2 amide bonds. The van der Waals surface area contributed by atoms with Gasteiger partial charge in [-0.1, -0.05) is 6.07 Å². The topological polar surface area (TPSA) is 58.2 Å².